The third kappa shape index (κ3) is 4.07. The van der Waals surface area contributed by atoms with E-state index in [4.69, 9.17) is 11.6 Å². The van der Waals surface area contributed by atoms with Gasteiger partial charge in [-0.2, -0.15) is 4.31 Å². The number of carbonyl (C=O) groups excluding carboxylic acids is 1. The van der Waals surface area contributed by atoms with E-state index in [1.807, 2.05) is 0 Å². The fraction of sp³-hybridized carbons (Fsp3) is 0.261. The third-order valence-corrected chi connectivity index (χ3v) is 10.3. The Morgan fingerprint density at radius 1 is 1.03 bits per heavy atom. The van der Waals surface area contributed by atoms with Gasteiger partial charge in [-0.05, 0) is 35.7 Å². The van der Waals surface area contributed by atoms with Crippen LogP contribution >= 0.6 is 22.9 Å². The van der Waals surface area contributed by atoms with Crippen LogP contribution in [0, 0.1) is 0 Å². The van der Waals surface area contributed by atoms with Crippen LogP contribution in [-0.2, 0) is 10.0 Å². The third-order valence-electron chi connectivity index (χ3n) is 6.65. The Morgan fingerprint density at radius 3 is 2.38 bits per heavy atom. The van der Waals surface area contributed by atoms with Crippen molar-refractivity contribution in [3.8, 4) is 11.3 Å². The van der Waals surface area contributed by atoms with Crippen LogP contribution in [0.4, 0.5) is 0 Å². The number of rotatable bonds is 4. The zero-order valence-electron chi connectivity index (χ0n) is 18.9. The summed E-state index contributed by atoms with van der Waals surface area (Å²) < 4.78 is 29.0. The van der Waals surface area contributed by atoms with Crippen molar-refractivity contribution in [1.82, 2.24) is 29.4 Å². The van der Waals surface area contributed by atoms with Crippen molar-refractivity contribution in [2.45, 2.75) is 28.5 Å². The molecule has 2 fully saturated rings. The van der Waals surface area contributed by atoms with Gasteiger partial charge in [-0.15, -0.1) is 21.5 Å². The number of hydrogen-bond donors (Lipinski definition) is 2. The van der Waals surface area contributed by atoms with E-state index in [1.165, 1.54) is 15.4 Å². The SMILES string of the molecule is O=C(c1ncc(-c2ccncc2)nn1)N1C2CN(S(=O)(=O)c3cc4ccc(Cl)cc4s3)CC1C(O)C2O. The smallest absolute Gasteiger partial charge is 0.294 e. The zero-order chi connectivity index (χ0) is 25.9. The lowest BCUT2D eigenvalue weighted by molar-refractivity contribution is 0.0352. The minimum Gasteiger partial charge on any atom is -0.388 e. The van der Waals surface area contributed by atoms with Gasteiger partial charge in [0.1, 0.15) is 22.1 Å². The number of aliphatic hydroxyl groups is 2. The molecule has 3 aromatic heterocycles. The molecule has 11 nitrogen and oxygen atoms in total. The monoisotopic (exact) mass is 558 g/mol. The summed E-state index contributed by atoms with van der Waals surface area (Å²) in [5.74, 6) is -0.861. The molecule has 1 amide bonds. The summed E-state index contributed by atoms with van der Waals surface area (Å²) in [7, 11) is -3.96. The molecule has 2 aliphatic rings. The van der Waals surface area contributed by atoms with E-state index >= 15 is 0 Å². The number of halogens is 1. The maximum atomic E-state index is 13.5. The number of amides is 1. The Hall–Kier alpha value is -3.07. The molecule has 5 heterocycles. The fourth-order valence-electron chi connectivity index (χ4n) is 4.79. The van der Waals surface area contributed by atoms with Crippen molar-refractivity contribution in [2.75, 3.05) is 13.1 Å². The minimum atomic E-state index is -3.96. The standard InChI is InChI=1S/C23H19ClN6O5S2/c24-14-2-1-13-7-19(36-18(13)8-14)37(34,35)29-10-16-20(31)21(32)17(11-29)30(16)23(33)22-26-9-15(27-28-22)12-3-5-25-6-4-12/h1-9,16-17,20-21,31-32H,10-11H2. The van der Waals surface area contributed by atoms with Crippen molar-refractivity contribution >= 4 is 49.0 Å². The molecule has 2 bridgehead atoms. The minimum absolute atomic E-state index is 0.118. The van der Waals surface area contributed by atoms with Crippen LogP contribution in [-0.4, -0.2) is 91.3 Å². The molecule has 0 saturated carbocycles. The van der Waals surface area contributed by atoms with Crippen LogP contribution in [0.5, 0.6) is 0 Å². The van der Waals surface area contributed by atoms with E-state index in [-0.39, 0.29) is 23.1 Å². The predicted octanol–water partition coefficient (Wildman–Crippen LogP) is 1.42. The van der Waals surface area contributed by atoms with E-state index in [1.54, 1.807) is 48.8 Å². The second-order valence-corrected chi connectivity index (χ2v) is 12.5. The molecular weight excluding hydrogens is 540 g/mol. The number of nitrogens with zero attached hydrogens (tertiary/aromatic N) is 6. The first-order valence-corrected chi connectivity index (χ1v) is 13.9. The molecule has 4 unspecified atom stereocenters. The van der Waals surface area contributed by atoms with Gasteiger partial charge >= 0.3 is 0 Å². The van der Waals surface area contributed by atoms with Gasteiger partial charge in [0, 0.05) is 40.8 Å². The van der Waals surface area contributed by atoms with E-state index in [0.29, 0.717) is 10.7 Å². The highest BCUT2D eigenvalue weighted by Crippen LogP contribution is 2.37. The molecule has 37 heavy (non-hydrogen) atoms. The molecule has 2 aliphatic heterocycles. The van der Waals surface area contributed by atoms with Crippen LogP contribution in [0.2, 0.25) is 5.02 Å². The number of thiophene rings is 1. The van der Waals surface area contributed by atoms with Crippen molar-refractivity contribution < 1.29 is 23.4 Å². The zero-order valence-corrected chi connectivity index (χ0v) is 21.3. The van der Waals surface area contributed by atoms with Crippen LogP contribution in [0.25, 0.3) is 21.3 Å². The summed E-state index contributed by atoms with van der Waals surface area (Å²) in [4.78, 5) is 22.7. The number of piperazine rings is 1. The van der Waals surface area contributed by atoms with Crippen LogP contribution in [0.1, 0.15) is 10.6 Å². The highest BCUT2D eigenvalue weighted by Gasteiger charge is 2.56. The first kappa shape index (κ1) is 24.3. The van der Waals surface area contributed by atoms with Crippen molar-refractivity contribution in [3.05, 3.63) is 65.8 Å². The van der Waals surface area contributed by atoms with Crippen LogP contribution in [0.15, 0.2) is 59.2 Å². The summed E-state index contributed by atoms with van der Waals surface area (Å²) >= 11 is 7.13. The molecule has 0 radical (unpaired) electrons. The number of pyridine rings is 1. The van der Waals surface area contributed by atoms with Crippen molar-refractivity contribution in [2.24, 2.45) is 0 Å². The Bertz CT molecular complexity index is 1580. The highest BCUT2D eigenvalue weighted by molar-refractivity contribution is 7.91. The lowest BCUT2D eigenvalue weighted by Gasteiger charge is -2.39. The van der Waals surface area contributed by atoms with Gasteiger partial charge in [0.05, 0.1) is 18.3 Å². The maximum Gasteiger partial charge on any atom is 0.294 e. The quantitative estimate of drug-likeness (QED) is 0.379. The number of aromatic nitrogens is 4. The summed E-state index contributed by atoms with van der Waals surface area (Å²) in [6.45, 7) is -0.388. The van der Waals surface area contributed by atoms with Crippen LogP contribution in [0.3, 0.4) is 0 Å². The fourth-order valence-corrected chi connectivity index (χ4v) is 8.10. The van der Waals surface area contributed by atoms with Gasteiger partial charge in [0.2, 0.25) is 5.82 Å². The number of carbonyl (C=O) groups is 1. The number of fused-ring (bicyclic) bond motifs is 3. The molecule has 0 spiro atoms. The lowest BCUT2D eigenvalue weighted by Crippen LogP contribution is -2.59. The van der Waals surface area contributed by atoms with Gasteiger partial charge in [0.25, 0.3) is 15.9 Å². The van der Waals surface area contributed by atoms with Crippen LogP contribution < -0.4 is 0 Å². The van der Waals surface area contributed by atoms with Crippen molar-refractivity contribution in [1.29, 1.82) is 0 Å². The number of sulfonamides is 1. The molecule has 4 aromatic rings. The van der Waals surface area contributed by atoms with Gasteiger partial charge in [-0.3, -0.25) is 9.78 Å². The van der Waals surface area contributed by atoms with E-state index in [9.17, 15) is 23.4 Å². The molecule has 190 valence electrons. The molecule has 14 heteroatoms. The number of aliphatic hydroxyl groups excluding tert-OH is 2. The number of benzene rings is 1. The van der Waals surface area contributed by atoms with Crippen molar-refractivity contribution in [3.63, 3.8) is 0 Å². The van der Waals surface area contributed by atoms with Gasteiger partial charge in [0.15, 0.2) is 0 Å². The average Bonchev–Trinajstić information content (AvgIpc) is 3.41. The maximum absolute atomic E-state index is 13.5. The summed E-state index contributed by atoms with van der Waals surface area (Å²) in [6.07, 6.45) is 1.92. The molecule has 0 aliphatic carbocycles. The molecule has 2 saturated heterocycles. The average molecular weight is 559 g/mol. The van der Waals surface area contributed by atoms with E-state index < -0.39 is 40.2 Å². The largest absolute Gasteiger partial charge is 0.388 e. The van der Waals surface area contributed by atoms with E-state index in [2.05, 4.69) is 20.2 Å². The first-order chi connectivity index (χ1) is 17.7. The number of hydrogen-bond acceptors (Lipinski definition) is 10. The first-order valence-electron chi connectivity index (χ1n) is 11.2. The topological polar surface area (TPSA) is 150 Å². The van der Waals surface area contributed by atoms with E-state index in [0.717, 1.165) is 27.0 Å². The van der Waals surface area contributed by atoms with Gasteiger partial charge in [-0.25, -0.2) is 13.4 Å². The summed E-state index contributed by atoms with van der Waals surface area (Å²) in [5.41, 5.74) is 1.17. The Kier molecular flexibility index (Phi) is 5.93. The summed E-state index contributed by atoms with van der Waals surface area (Å²) in [6, 6.07) is 8.19. The predicted molar refractivity (Wildman–Crippen MR) is 134 cm³/mol. The molecular formula is C23H19ClN6O5S2. The second kappa shape index (κ2) is 9.04. The normalized spacial score (nSPS) is 24.0. The molecule has 6 rings (SSSR count). The molecule has 4 atom stereocenters. The van der Waals surface area contributed by atoms with Gasteiger partial charge < -0.3 is 15.1 Å². The highest BCUT2D eigenvalue weighted by atomic mass is 35.5. The Labute approximate surface area is 220 Å². The second-order valence-electron chi connectivity index (χ2n) is 8.80. The lowest BCUT2D eigenvalue weighted by atomic mass is 10.1. The Morgan fingerprint density at radius 2 is 1.73 bits per heavy atom. The Balaban J connectivity index is 1.27. The summed E-state index contributed by atoms with van der Waals surface area (Å²) in [5, 5.41) is 30.6. The molecule has 1 aromatic carbocycles. The molecule has 2 N–H and O–H groups in total. The van der Waals surface area contributed by atoms with Gasteiger partial charge in [-0.1, -0.05) is 17.7 Å².